The molecular formula is C13H23N3O. The summed E-state index contributed by atoms with van der Waals surface area (Å²) >= 11 is 0. The Kier molecular flexibility index (Phi) is 4.75. The van der Waals surface area contributed by atoms with Gasteiger partial charge in [0.15, 0.2) is 0 Å². The molecule has 0 fully saturated rings. The molecular weight excluding hydrogens is 214 g/mol. The number of rotatable bonds is 5. The molecule has 0 aliphatic carbocycles. The number of aromatic nitrogens is 1. The third-order valence-electron chi connectivity index (χ3n) is 3.16. The molecule has 0 saturated carbocycles. The summed E-state index contributed by atoms with van der Waals surface area (Å²) in [5, 5.41) is 0. The molecule has 0 radical (unpaired) electrons. The number of hydrogen-bond donors (Lipinski definition) is 1. The van der Waals surface area contributed by atoms with Crippen molar-refractivity contribution in [1.82, 2.24) is 9.47 Å². The Hall–Kier alpha value is -1.29. The molecule has 1 aromatic heterocycles. The van der Waals surface area contributed by atoms with E-state index in [4.69, 9.17) is 5.73 Å². The average Bonchev–Trinajstić information content (AvgIpc) is 2.70. The van der Waals surface area contributed by atoms with Gasteiger partial charge in [0, 0.05) is 32.9 Å². The number of nitrogens with zero attached hydrogens (tertiary/aromatic N) is 2. The summed E-state index contributed by atoms with van der Waals surface area (Å²) in [7, 11) is 3.70. The lowest BCUT2D eigenvalue weighted by Crippen LogP contribution is -2.35. The maximum Gasteiger partial charge on any atom is 0.270 e. The van der Waals surface area contributed by atoms with Crippen LogP contribution in [0.1, 0.15) is 30.8 Å². The van der Waals surface area contributed by atoms with E-state index in [9.17, 15) is 4.79 Å². The first-order valence-corrected chi connectivity index (χ1v) is 6.06. The van der Waals surface area contributed by atoms with Crippen LogP contribution in [0.4, 0.5) is 0 Å². The van der Waals surface area contributed by atoms with Crippen LogP contribution in [-0.2, 0) is 7.05 Å². The lowest BCUT2D eigenvalue weighted by molar-refractivity contribution is 0.0780. The molecule has 0 aliphatic heterocycles. The van der Waals surface area contributed by atoms with Crippen molar-refractivity contribution in [3.8, 4) is 0 Å². The molecule has 0 aliphatic rings. The van der Waals surface area contributed by atoms with Crippen molar-refractivity contribution in [2.24, 2.45) is 18.7 Å². The van der Waals surface area contributed by atoms with E-state index in [0.29, 0.717) is 18.2 Å². The SMILES string of the molecule is CC(C)C(N)CCN(C)C(=O)c1cccn1C. The van der Waals surface area contributed by atoms with Gasteiger partial charge in [0.1, 0.15) is 5.69 Å². The van der Waals surface area contributed by atoms with Gasteiger partial charge in [-0.3, -0.25) is 4.79 Å². The van der Waals surface area contributed by atoms with Gasteiger partial charge in [-0.05, 0) is 24.5 Å². The van der Waals surface area contributed by atoms with E-state index >= 15 is 0 Å². The monoisotopic (exact) mass is 237 g/mol. The Bertz CT molecular complexity index is 370. The molecule has 4 heteroatoms. The van der Waals surface area contributed by atoms with Crippen LogP contribution in [0.25, 0.3) is 0 Å². The summed E-state index contributed by atoms with van der Waals surface area (Å²) < 4.78 is 1.83. The maximum atomic E-state index is 12.1. The quantitative estimate of drug-likeness (QED) is 0.843. The first kappa shape index (κ1) is 13.8. The van der Waals surface area contributed by atoms with Gasteiger partial charge in [0.05, 0.1) is 0 Å². The summed E-state index contributed by atoms with van der Waals surface area (Å²) in [6, 6.07) is 3.86. The van der Waals surface area contributed by atoms with E-state index in [0.717, 1.165) is 6.42 Å². The van der Waals surface area contributed by atoms with Crippen molar-refractivity contribution in [1.29, 1.82) is 0 Å². The Morgan fingerprint density at radius 1 is 1.53 bits per heavy atom. The van der Waals surface area contributed by atoms with Crippen molar-refractivity contribution in [2.45, 2.75) is 26.3 Å². The Balaban J connectivity index is 2.51. The summed E-state index contributed by atoms with van der Waals surface area (Å²) in [6.07, 6.45) is 2.71. The van der Waals surface area contributed by atoms with Crippen molar-refractivity contribution in [3.63, 3.8) is 0 Å². The molecule has 1 amide bonds. The van der Waals surface area contributed by atoms with E-state index in [-0.39, 0.29) is 11.9 Å². The normalized spacial score (nSPS) is 12.8. The first-order chi connectivity index (χ1) is 7.93. The van der Waals surface area contributed by atoms with Crippen molar-refractivity contribution >= 4 is 5.91 Å². The Morgan fingerprint density at radius 2 is 2.18 bits per heavy atom. The van der Waals surface area contributed by atoms with Gasteiger partial charge < -0.3 is 15.2 Å². The largest absolute Gasteiger partial charge is 0.347 e. The minimum atomic E-state index is 0.0495. The minimum Gasteiger partial charge on any atom is -0.347 e. The lowest BCUT2D eigenvalue weighted by Gasteiger charge is -2.21. The fraction of sp³-hybridized carbons (Fsp3) is 0.615. The zero-order valence-electron chi connectivity index (χ0n) is 11.2. The third-order valence-corrected chi connectivity index (χ3v) is 3.16. The van der Waals surface area contributed by atoms with Crippen LogP contribution in [-0.4, -0.2) is 35.0 Å². The highest BCUT2D eigenvalue weighted by Gasteiger charge is 2.15. The van der Waals surface area contributed by atoms with Crippen molar-refractivity contribution in [2.75, 3.05) is 13.6 Å². The van der Waals surface area contributed by atoms with E-state index in [1.165, 1.54) is 0 Å². The fourth-order valence-corrected chi connectivity index (χ4v) is 1.66. The zero-order valence-corrected chi connectivity index (χ0v) is 11.2. The van der Waals surface area contributed by atoms with Crippen LogP contribution in [0.15, 0.2) is 18.3 Å². The molecule has 17 heavy (non-hydrogen) atoms. The molecule has 1 rings (SSSR count). The molecule has 96 valence electrons. The number of amides is 1. The minimum absolute atomic E-state index is 0.0495. The third kappa shape index (κ3) is 3.60. The fourth-order valence-electron chi connectivity index (χ4n) is 1.66. The predicted molar refractivity (Wildman–Crippen MR) is 69.8 cm³/mol. The van der Waals surface area contributed by atoms with Crippen LogP contribution in [0, 0.1) is 5.92 Å². The predicted octanol–water partition coefficient (Wildman–Crippen LogP) is 1.47. The molecule has 2 N–H and O–H groups in total. The van der Waals surface area contributed by atoms with Gasteiger partial charge in [-0.1, -0.05) is 13.8 Å². The molecule has 1 atom stereocenters. The van der Waals surface area contributed by atoms with Gasteiger partial charge in [-0.15, -0.1) is 0 Å². The summed E-state index contributed by atoms with van der Waals surface area (Å²) in [4.78, 5) is 13.8. The van der Waals surface area contributed by atoms with Gasteiger partial charge in [0.25, 0.3) is 5.91 Å². The van der Waals surface area contributed by atoms with Crippen LogP contribution >= 0.6 is 0 Å². The zero-order chi connectivity index (χ0) is 13.0. The molecule has 1 heterocycles. The highest BCUT2D eigenvalue weighted by atomic mass is 16.2. The second-order valence-corrected chi connectivity index (χ2v) is 4.93. The number of hydrogen-bond acceptors (Lipinski definition) is 2. The molecule has 0 bridgehead atoms. The lowest BCUT2D eigenvalue weighted by atomic mass is 10.0. The van der Waals surface area contributed by atoms with Crippen LogP contribution in [0.5, 0.6) is 0 Å². The molecule has 0 aromatic carbocycles. The Morgan fingerprint density at radius 3 is 2.65 bits per heavy atom. The first-order valence-electron chi connectivity index (χ1n) is 6.06. The topological polar surface area (TPSA) is 51.3 Å². The van der Waals surface area contributed by atoms with Crippen molar-refractivity contribution in [3.05, 3.63) is 24.0 Å². The Labute approximate surface area is 103 Å². The van der Waals surface area contributed by atoms with Gasteiger partial charge in [-0.25, -0.2) is 0 Å². The smallest absolute Gasteiger partial charge is 0.270 e. The summed E-state index contributed by atoms with van der Waals surface area (Å²) in [6.45, 7) is 4.90. The van der Waals surface area contributed by atoms with E-state index in [1.54, 1.807) is 4.90 Å². The summed E-state index contributed by atoms with van der Waals surface area (Å²) in [5.74, 6) is 0.502. The van der Waals surface area contributed by atoms with Crippen LogP contribution in [0.3, 0.4) is 0 Å². The van der Waals surface area contributed by atoms with E-state index < -0.39 is 0 Å². The average molecular weight is 237 g/mol. The van der Waals surface area contributed by atoms with E-state index in [1.807, 2.05) is 37.0 Å². The molecule has 0 spiro atoms. The molecule has 0 saturated heterocycles. The van der Waals surface area contributed by atoms with Crippen LogP contribution in [0.2, 0.25) is 0 Å². The van der Waals surface area contributed by atoms with Gasteiger partial charge in [0.2, 0.25) is 0 Å². The van der Waals surface area contributed by atoms with Crippen LogP contribution < -0.4 is 5.73 Å². The van der Waals surface area contributed by atoms with E-state index in [2.05, 4.69) is 13.8 Å². The molecule has 1 unspecified atom stereocenters. The van der Waals surface area contributed by atoms with Gasteiger partial charge in [-0.2, -0.15) is 0 Å². The molecule has 4 nitrogen and oxygen atoms in total. The molecule has 1 aromatic rings. The standard InChI is InChI=1S/C13H23N3O/c1-10(2)11(14)7-9-16(4)13(17)12-6-5-8-15(12)3/h5-6,8,10-11H,7,9,14H2,1-4H3. The second-order valence-electron chi connectivity index (χ2n) is 4.93. The maximum absolute atomic E-state index is 12.1. The number of carbonyl (C=O) groups excluding carboxylic acids is 1. The van der Waals surface area contributed by atoms with Crippen molar-refractivity contribution < 1.29 is 4.79 Å². The van der Waals surface area contributed by atoms with Gasteiger partial charge >= 0.3 is 0 Å². The second kappa shape index (κ2) is 5.87. The number of nitrogens with two attached hydrogens (primary N) is 1. The number of aryl methyl sites for hydroxylation is 1. The summed E-state index contributed by atoms with van der Waals surface area (Å²) in [5.41, 5.74) is 6.68. The number of carbonyl (C=O) groups is 1. The highest BCUT2D eigenvalue weighted by Crippen LogP contribution is 2.07. The highest BCUT2D eigenvalue weighted by molar-refractivity contribution is 5.92.